The van der Waals surface area contributed by atoms with Crippen molar-refractivity contribution in [2.24, 2.45) is 10.9 Å². The van der Waals surface area contributed by atoms with Crippen LogP contribution in [0.15, 0.2) is 29.3 Å². The summed E-state index contributed by atoms with van der Waals surface area (Å²) in [6.45, 7) is 10.9. The molecule has 0 amide bonds. The molecule has 1 saturated heterocycles. The number of aliphatic imine (C=N–C) groups is 1. The van der Waals surface area contributed by atoms with E-state index in [2.05, 4.69) is 77.6 Å². The zero-order chi connectivity index (χ0) is 19.6. The maximum atomic E-state index is 5.50. The van der Waals surface area contributed by atoms with Crippen molar-refractivity contribution >= 4 is 5.96 Å². The van der Waals surface area contributed by atoms with Gasteiger partial charge in [0.2, 0.25) is 0 Å². The Morgan fingerprint density at radius 1 is 1.15 bits per heavy atom. The molecule has 1 unspecified atom stereocenters. The molecule has 1 aromatic carbocycles. The molecule has 0 bridgehead atoms. The summed E-state index contributed by atoms with van der Waals surface area (Å²) in [6, 6.07) is 9.06. The minimum absolute atomic E-state index is 0.480. The van der Waals surface area contributed by atoms with Crippen LogP contribution < -0.4 is 10.6 Å². The third-order valence-electron chi connectivity index (χ3n) is 5.04. The molecule has 1 aliphatic heterocycles. The van der Waals surface area contributed by atoms with Gasteiger partial charge in [-0.3, -0.25) is 9.89 Å². The van der Waals surface area contributed by atoms with Gasteiger partial charge in [-0.15, -0.1) is 0 Å². The summed E-state index contributed by atoms with van der Waals surface area (Å²) >= 11 is 0. The molecule has 0 spiro atoms. The first-order valence-electron chi connectivity index (χ1n) is 9.99. The zero-order valence-corrected chi connectivity index (χ0v) is 17.7. The predicted molar refractivity (Wildman–Crippen MR) is 113 cm³/mol. The summed E-state index contributed by atoms with van der Waals surface area (Å²) < 4.78 is 5.50. The molecule has 1 aliphatic rings. The van der Waals surface area contributed by atoms with E-state index in [0.717, 1.165) is 51.9 Å². The lowest BCUT2D eigenvalue weighted by atomic mass is 10.0. The van der Waals surface area contributed by atoms with Crippen LogP contribution in [0.25, 0.3) is 0 Å². The predicted octanol–water partition coefficient (Wildman–Crippen LogP) is 1.77. The van der Waals surface area contributed by atoms with Gasteiger partial charge in [-0.2, -0.15) is 0 Å². The molecule has 2 N–H and O–H groups in total. The van der Waals surface area contributed by atoms with Crippen molar-refractivity contribution in [3.63, 3.8) is 0 Å². The number of ether oxygens (including phenoxy) is 1. The van der Waals surface area contributed by atoms with E-state index in [4.69, 9.17) is 4.74 Å². The van der Waals surface area contributed by atoms with Crippen molar-refractivity contribution in [1.29, 1.82) is 0 Å². The SMILES string of the molecule is CN=C(NCc1ccccc1CN(C)C)NCC(C(C)C)N1CCOCC1. The number of guanidine groups is 1. The van der Waals surface area contributed by atoms with Crippen LogP contribution in [0.1, 0.15) is 25.0 Å². The first-order chi connectivity index (χ1) is 13.0. The van der Waals surface area contributed by atoms with E-state index in [1.807, 2.05) is 7.05 Å². The second kappa shape index (κ2) is 11.3. The summed E-state index contributed by atoms with van der Waals surface area (Å²) in [7, 11) is 6.03. The van der Waals surface area contributed by atoms with Gasteiger partial charge >= 0.3 is 0 Å². The fourth-order valence-corrected chi connectivity index (χ4v) is 3.52. The van der Waals surface area contributed by atoms with Crippen molar-refractivity contribution in [3.05, 3.63) is 35.4 Å². The molecule has 1 fully saturated rings. The molecule has 1 atom stereocenters. The van der Waals surface area contributed by atoms with Crippen LogP contribution in [0.3, 0.4) is 0 Å². The topological polar surface area (TPSA) is 52.1 Å². The van der Waals surface area contributed by atoms with Crippen LogP contribution in [-0.4, -0.2) is 75.8 Å². The summed E-state index contributed by atoms with van der Waals surface area (Å²) in [5.74, 6) is 1.43. The second-order valence-electron chi connectivity index (χ2n) is 7.77. The molecule has 1 aromatic rings. The van der Waals surface area contributed by atoms with E-state index in [1.165, 1.54) is 11.1 Å². The van der Waals surface area contributed by atoms with Gasteiger partial charge < -0.3 is 20.3 Å². The summed E-state index contributed by atoms with van der Waals surface area (Å²) in [5.41, 5.74) is 2.65. The van der Waals surface area contributed by atoms with Crippen molar-refractivity contribution in [1.82, 2.24) is 20.4 Å². The second-order valence-corrected chi connectivity index (χ2v) is 7.77. The Kier molecular flexibility index (Phi) is 9.04. The van der Waals surface area contributed by atoms with Crippen LogP contribution in [0.5, 0.6) is 0 Å². The van der Waals surface area contributed by atoms with Gasteiger partial charge in [0.1, 0.15) is 0 Å². The van der Waals surface area contributed by atoms with E-state index in [-0.39, 0.29) is 0 Å². The van der Waals surface area contributed by atoms with Crippen molar-refractivity contribution < 1.29 is 4.74 Å². The molecule has 152 valence electrons. The third-order valence-corrected chi connectivity index (χ3v) is 5.04. The van der Waals surface area contributed by atoms with Crippen molar-refractivity contribution in [3.8, 4) is 0 Å². The van der Waals surface area contributed by atoms with Crippen LogP contribution in [0, 0.1) is 5.92 Å². The lowest BCUT2D eigenvalue weighted by Crippen LogP contribution is -2.52. The standard InChI is InChI=1S/C21H37N5O/c1-17(2)20(26-10-12-27-13-11-26)15-24-21(22-3)23-14-18-8-6-7-9-19(18)16-25(4)5/h6-9,17,20H,10-16H2,1-5H3,(H2,22,23,24). The van der Waals surface area contributed by atoms with Gasteiger partial charge in [0.15, 0.2) is 5.96 Å². The van der Waals surface area contributed by atoms with E-state index >= 15 is 0 Å². The van der Waals surface area contributed by atoms with Crippen LogP contribution in [-0.2, 0) is 17.8 Å². The molecular weight excluding hydrogens is 338 g/mol. The highest BCUT2D eigenvalue weighted by Crippen LogP contribution is 2.13. The molecule has 2 rings (SSSR count). The summed E-state index contributed by atoms with van der Waals surface area (Å²) in [4.78, 5) is 9.14. The average Bonchev–Trinajstić information content (AvgIpc) is 2.65. The van der Waals surface area contributed by atoms with E-state index in [9.17, 15) is 0 Å². The summed E-state index contributed by atoms with van der Waals surface area (Å²) in [5, 5.41) is 7.00. The zero-order valence-electron chi connectivity index (χ0n) is 17.7. The molecule has 0 aliphatic carbocycles. The number of rotatable bonds is 8. The fraction of sp³-hybridized carbons (Fsp3) is 0.667. The number of hydrogen-bond acceptors (Lipinski definition) is 4. The Morgan fingerprint density at radius 3 is 2.41 bits per heavy atom. The minimum Gasteiger partial charge on any atom is -0.379 e. The van der Waals surface area contributed by atoms with Gasteiger partial charge in [-0.25, -0.2) is 0 Å². The van der Waals surface area contributed by atoms with Gasteiger partial charge in [0.25, 0.3) is 0 Å². The maximum absolute atomic E-state index is 5.50. The molecule has 6 heteroatoms. The van der Waals surface area contributed by atoms with Crippen LogP contribution in [0.2, 0.25) is 0 Å². The summed E-state index contributed by atoms with van der Waals surface area (Å²) in [6.07, 6.45) is 0. The first-order valence-corrected chi connectivity index (χ1v) is 9.99. The Labute approximate surface area is 165 Å². The Morgan fingerprint density at radius 2 is 1.81 bits per heavy atom. The fourth-order valence-electron chi connectivity index (χ4n) is 3.52. The number of nitrogens with one attached hydrogen (secondary N) is 2. The molecule has 0 aromatic heterocycles. The largest absolute Gasteiger partial charge is 0.379 e. The molecule has 6 nitrogen and oxygen atoms in total. The Balaban J connectivity index is 1.90. The van der Waals surface area contributed by atoms with Gasteiger partial charge in [0.05, 0.1) is 13.2 Å². The number of benzene rings is 1. The van der Waals surface area contributed by atoms with Gasteiger partial charge in [-0.1, -0.05) is 38.1 Å². The van der Waals surface area contributed by atoms with Crippen molar-refractivity contribution in [2.75, 3.05) is 54.0 Å². The molecule has 27 heavy (non-hydrogen) atoms. The first kappa shape index (κ1) is 21.7. The third kappa shape index (κ3) is 7.13. The smallest absolute Gasteiger partial charge is 0.191 e. The molecular formula is C21H37N5O. The van der Waals surface area contributed by atoms with Crippen LogP contribution in [0.4, 0.5) is 0 Å². The molecule has 1 heterocycles. The number of morpholine rings is 1. The Bertz CT molecular complexity index is 582. The lowest BCUT2D eigenvalue weighted by Gasteiger charge is -2.37. The molecule has 0 saturated carbocycles. The lowest BCUT2D eigenvalue weighted by molar-refractivity contribution is 0.00752. The maximum Gasteiger partial charge on any atom is 0.191 e. The van der Waals surface area contributed by atoms with Crippen molar-refractivity contribution in [2.45, 2.75) is 33.0 Å². The van der Waals surface area contributed by atoms with E-state index < -0.39 is 0 Å². The van der Waals surface area contributed by atoms with Gasteiger partial charge in [0, 0.05) is 45.8 Å². The highest BCUT2D eigenvalue weighted by Gasteiger charge is 2.23. The van der Waals surface area contributed by atoms with E-state index in [1.54, 1.807) is 0 Å². The number of hydrogen-bond donors (Lipinski definition) is 2. The highest BCUT2D eigenvalue weighted by molar-refractivity contribution is 5.79. The number of nitrogens with zero attached hydrogens (tertiary/aromatic N) is 3. The molecule has 0 radical (unpaired) electrons. The highest BCUT2D eigenvalue weighted by atomic mass is 16.5. The average molecular weight is 376 g/mol. The van der Waals surface area contributed by atoms with E-state index in [0.29, 0.717) is 12.0 Å². The monoisotopic (exact) mass is 375 g/mol. The van der Waals surface area contributed by atoms with Crippen LogP contribution >= 0.6 is 0 Å². The Hall–Kier alpha value is -1.63. The minimum atomic E-state index is 0.480. The normalized spacial score (nSPS) is 17.4. The van der Waals surface area contributed by atoms with Gasteiger partial charge in [-0.05, 0) is 31.1 Å². The quantitative estimate of drug-likeness (QED) is 0.536.